The minimum absolute atomic E-state index is 0.292. The van der Waals surface area contributed by atoms with Gasteiger partial charge in [0.2, 0.25) is 5.91 Å². The van der Waals surface area contributed by atoms with Gasteiger partial charge in [0.1, 0.15) is 5.15 Å². The van der Waals surface area contributed by atoms with Crippen molar-refractivity contribution in [3.63, 3.8) is 0 Å². The first-order chi connectivity index (χ1) is 7.58. The SMILES string of the molecule is Cc1cccc2cc([CH]C(N)=O)c(Cl)nc12. The van der Waals surface area contributed by atoms with E-state index in [0.29, 0.717) is 10.7 Å². The fraction of sp³-hybridized carbons (Fsp3) is 0.0833. The van der Waals surface area contributed by atoms with Gasteiger partial charge in [0.05, 0.1) is 11.9 Å². The largest absolute Gasteiger partial charge is 0.369 e. The molecule has 0 aliphatic rings. The smallest absolute Gasteiger partial charge is 0.226 e. The molecule has 0 saturated heterocycles. The standard InChI is InChI=1S/C12H10ClN2O/c1-7-3-2-4-8-5-9(6-10(14)16)12(13)15-11(7)8/h2-6H,1H3,(H2,14,16). The van der Waals surface area contributed by atoms with E-state index in [1.165, 1.54) is 6.42 Å². The van der Waals surface area contributed by atoms with Gasteiger partial charge >= 0.3 is 0 Å². The van der Waals surface area contributed by atoms with E-state index in [2.05, 4.69) is 4.98 Å². The molecule has 2 rings (SSSR count). The Balaban J connectivity index is 2.63. The number of benzene rings is 1. The summed E-state index contributed by atoms with van der Waals surface area (Å²) in [5, 5.41) is 1.23. The van der Waals surface area contributed by atoms with E-state index in [0.717, 1.165) is 16.5 Å². The van der Waals surface area contributed by atoms with Gasteiger partial charge in [0, 0.05) is 10.9 Å². The normalized spacial score (nSPS) is 10.6. The highest BCUT2D eigenvalue weighted by Gasteiger charge is 2.08. The van der Waals surface area contributed by atoms with Gasteiger partial charge in [-0.2, -0.15) is 0 Å². The van der Waals surface area contributed by atoms with Crippen molar-refractivity contribution in [3.8, 4) is 0 Å². The number of pyridine rings is 1. The zero-order valence-corrected chi connectivity index (χ0v) is 9.45. The summed E-state index contributed by atoms with van der Waals surface area (Å²) in [6, 6.07) is 7.62. The fourth-order valence-corrected chi connectivity index (χ4v) is 1.79. The lowest BCUT2D eigenvalue weighted by Crippen LogP contribution is -2.12. The van der Waals surface area contributed by atoms with Gasteiger partial charge < -0.3 is 5.73 Å². The lowest BCUT2D eigenvalue weighted by atomic mass is 10.1. The number of amides is 1. The first-order valence-corrected chi connectivity index (χ1v) is 5.16. The number of aryl methyl sites for hydroxylation is 1. The summed E-state index contributed by atoms with van der Waals surface area (Å²) in [6.07, 6.45) is 1.27. The Morgan fingerprint density at radius 3 is 2.94 bits per heavy atom. The number of primary amides is 1. The zero-order valence-electron chi connectivity index (χ0n) is 8.70. The highest BCUT2D eigenvalue weighted by molar-refractivity contribution is 6.31. The second-order valence-corrected chi connectivity index (χ2v) is 3.92. The summed E-state index contributed by atoms with van der Waals surface area (Å²) < 4.78 is 0. The zero-order chi connectivity index (χ0) is 11.7. The molecule has 2 aromatic rings. The van der Waals surface area contributed by atoms with Crippen molar-refractivity contribution < 1.29 is 4.79 Å². The van der Waals surface area contributed by atoms with Crippen molar-refractivity contribution in [1.29, 1.82) is 0 Å². The van der Waals surface area contributed by atoms with Crippen molar-refractivity contribution in [2.45, 2.75) is 6.92 Å². The maximum atomic E-state index is 10.8. The summed E-state index contributed by atoms with van der Waals surface area (Å²) in [7, 11) is 0. The number of fused-ring (bicyclic) bond motifs is 1. The second kappa shape index (κ2) is 4.10. The van der Waals surface area contributed by atoms with Crippen LogP contribution in [0.1, 0.15) is 11.1 Å². The van der Waals surface area contributed by atoms with Crippen LogP contribution in [0.2, 0.25) is 5.15 Å². The Morgan fingerprint density at radius 2 is 2.25 bits per heavy atom. The van der Waals surface area contributed by atoms with Crippen molar-refractivity contribution in [1.82, 2.24) is 4.98 Å². The molecule has 0 atom stereocenters. The third-order valence-corrected chi connectivity index (χ3v) is 2.63. The minimum Gasteiger partial charge on any atom is -0.369 e. The van der Waals surface area contributed by atoms with Gasteiger partial charge in [-0.15, -0.1) is 0 Å². The molecule has 1 aromatic carbocycles. The van der Waals surface area contributed by atoms with Crippen LogP contribution in [0, 0.1) is 13.3 Å². The predicted molar refractivity (Wildman–Crippen MR) is 64.1 cm³/mol. The average Bonchev–Trinajstić information content (AvgIpc) is 2.20. The van der Waals surface area contributed by atoms with Crippen molar-refractivity contribution in [2.24, 2.45) is 5.73 Å². The van der Waals surface area contributed by atoms with Crippen LogP contribution in [0.3, 0.4) is 0 Å². The molecule has 0 aliphatic carbocycles. The molecule has 3 nitrogen and oxygen atoms in total. The lowest BCUT2D eigenvalue weighted by Gasteiger charge is -2.05. The summed E-state index contributed by atoms with van der Waals surface area (Å²) in [6.45, 7) is 1.96. The molecule has 1 amide bonds. The van der Waals surface area contributed by atoms with Crippen molar-refractivity contribution in [3.05, 3.63) is 47.0 Å². The molecule has 0 aliphatic heterocycles. The van der Waals surface area contributed by atoms with Crippen LogP contribution in [-0.4, -0.2) is 10.9 Å². The number of nitrogens with two attached hydrogens (primary N) is 1. The third kappa shape index (κ3) is 1.99. The van der Waals surface area contributed by atoms with E-state index >= 15 is 0 Å². The van der Waals surface area contributed by atoms with E-state index in [9.17, 15) is 4.79 Å². The first kappa shape index (κ1) is 10.9. The number of rotatable bonds is 2. The average molecular weight is 234 g/mol. The molecule has 2 N–H and O–H groups in total. The number of aromatic nitrogens is 1. The monoisotopic (exact) mass is 233 g/mol. The number of carbonyl (C=O) groups is 1. The van der Waals surface area contributed by atoms with Crippen LogP contribution >= 0.6 is 11.6 Å². The topological polar surface area (TPSA) is 56.0 Å². The third-order valence-electron chi connectivity index (χ3n) is 2.33. The van der Waals surface area contributed by atoms with Gasteiger partial charge in [-0.1, -0.05) is 29.8 Å². The minimum atomic E-state index is -0.532. The number of hydrogen-bond donors (Lipinski definition) is 1. The lowest BCUT2D eigenvalue weighted by molar-refractivity contribution is -0.114. The van der Waals surface area contributed by atoms with Gasteiger partial charge in [0.25, 0.3) is 0 Å². The second-order valence-electron chi connectivity index (χ2n) is 3.56. The molecule has 4 heteroatoms. The van der Waals surface area contributed by atoms with Crippen LogP contribution in [0.25, 0.3) is 10.9 Å². The number of para-hydroxylation sites is 1. The fourth-order valence-electron chi connectivity index (χ4n) is 1.60. The quantitative estimate of drug-likeness (QED) is 0.809. The summed E-state index contributed by atoms with van der Waals surface area (Å²) >= 11 is 5.97. The molecule has 0 spiro atoms. The Kier molecular flexibility index (Phi) is 2.79. The molecule has 1 aromatic heterocycles. The van der Waals surface area contributed by atoms with Gasteiger partial charge in [-0.05, 0) is 18.6 Å². The van der Waals surface area contributed by atoms with Crippen LogP contribution in [0.4, 0.5) is 0 Å². The Bertz CT molecular complexity index is 566. The first-order valence-electron chi connectivity index (χ1n) is 4.78. The molecule has 16 heavy (non-hydrogen) atoms. The molecular formula is C12H10ClN2O. The van der Waals surface area contributed by atoms with Gasteiger partial charge in [0.15, 0.2) is 0 Å². The van der Waals surface area contributed by atoms with Crippen molar-refractivity contribution in [2.75, 3.05) is 0 Å². The van der Waals surface area contributed by atoms with Gasteiger partial charge in [-0.25, -0.2) is 4.98 Å². The molecule has 1 radical (unpaired) electrons. The molecule has 0 saturated carbocycles. The number of nitrogens with zero attached hydrogens (tertiary/aromatic N) is 1. The maximum Gasteiger partial charge on any atom is 0.226 e. The Morgan fingerprint density at radius 1 is 1.50 bits per heavy atom. The molecule has 81 valence electrons. The molecule has 0 fully saturated rings. The van der Waals surface area contributed by atoms with Gasteiger partial charge in [-0.3, -0.25) is 4.79 Å². The van der Waals surface area contributed by atoms with Crippen LogP contribution in [0.15, 0.2) is 24.3 Å². The Hall–Kier alpha value is -1.61. The predicted octanol–water partition coefficient (Wildman–Crippen LogP) is 2.23. The molecule has 1 heterocycles. The highest BCUT2D eigenvalue weighted by atomic mass is 35.5. The number of carbonyl (C=O) groups excluding carboxylic acids is 1. The molecule has 0 unspecified atom stereocenters. The number of halogens is 1. The highest BCUT2D eigenvalue weighted by Crippen LogP contribution is 2.23. The maximum absolute atomic E-state index is 10.8. The Labute approximate surface area is 98.2 Å². The summed E-state index contributed by atoms with van der Waals surface area (Å²) in [4.78, 5) is 15.1. The summed E-state index contributed by atoms with van der Waals surface area (Å²) in [5.41, 5.74) is 7.52. The van der Waals surface area contributed by atoms with E-state index in [4.69, 9.17) is 17.3 Å². The van der Waals surface area contributed by atoms with E-state index in [1.807, 2.05) is 31.2 Å². The van der Waals surface area contributed by atoms with E-state index in [-0.39, 0.29) is 0 Å². The molecular weight excluding hydrogens is 224 g/mol. The number of hydrogen-bond acceptors (Lipinski definition) is 2. The van der Waals surface area contributed by atoms with Crippen LogP contribution in [-0.2, 0) is 4.79 Å². The summed E-state index contributed by atoms with van der Waals surface area (Å²) in [5.74, 6) is -0.532. The van der Waals surface area contributed by atoms with Crippen LogP contribution in [0.5, 0.6) is 0 Å². The van der Waals surface area contributed by atoms with E-state index < -0.39 is 5.91 Å². The van der Waals surface area contributed by atoms with Crippen LogP contribution < -0.4 is 5.73 Å². The molecule has 0 bridgehead atoms. The van der Waals surface area contributed by atoms with E-state index in [1.54, 1.807) is 0 Å². The van der Waals surface area contributed by atoms with Crippen molar-refractivity contribution >= 4 is 28.4 Å².